The van der Waals surface area contributed by atoms with Crippen molar-refractivity contribution >= 4 is 5.82 Å². The molecule has 1 saturated heterocycles. The Kier molecular flexibility index (Phi) is 3.78. The number of likely N-dealkylation sites (tertiary alicyclic amines) is 1. The predicted molar refractivity (Wildman–Crippen MR) is 68.3 cm³/mol. The van der Waals surface area contributed by atoms with Crippen LogP contribution in [0.15, 0.2) is 10.9 Å². The first kappa shape index (κ1) is 12.1. The summed E-state index contributed by atoms with van der Waals surface area (Å²) in [5.74, 6) is 1.98. The van der Waals surface area contributed by atoms with E-state index in [2.05, 4.69) is 27.2 Å². The smallest absolute Gasteiger partial charge is 0.252 e. The zero-order valence-corrected chi connectivity index (χ0v) is 10.5. The van der Waals surface area contributed by atoms with Gasteiger partial charge in [0, 0.05) is 19.2 Å². The molecule has 0 radical (unpaired) electrons. The molecule has 1 atom stereocenters. The topological polar surface area (TPSA) is 61.0 Å². The molecule has 0 amide bonds. The van der Waals surface area contributed by atoms with Crippen LogP contribution < -0.4 is 10.9 Å². The van der Waals surface area contributed by atoms with Gasteiger partial charge in [-0.25, -0.2) is 4.98 Å². The minimum Gasteiger partial charge on any atom is -0.370 e. The Morgan fingerprint density at radius 3 is 3.18 bits per heavy atom. The van der Waals surface area contributed by atoms with Crippen LogP contribution in [0, 0.1) is 12.8 Å². The summed E-state index contributed by atoms with van der Waals surface area (Å²) in [6, 6.07) is 1.51. The molecule has 1 aliphatic rings. The van der Waals surface area contributed by atoms with Gasteiger partial charge in [-0.1, -0.05) is 0 Å². The Balaban J connectivity index is 1.90. The van der Waals surface area contributed by atoms with E-state index < -0.39 is 0 Å². The molecule has 1 unspecified atom stereocenters. The maximum Gasteiger partial charge on any atom is 0.252 e. The van der Waals surface area contributed by atoms with Crippen LogP contribution in [0.25, 0.3) is 0 Å². The highest BCUT2D eigenvalue weighted by molar-refractivity contribution is 5.32. The van der Waals surface area contributed by atoms with Crippen molar-refractivity contribution in [3.8, 4) is 0 Å². The Bertz CT molecular complexity index is 429. The minimum absolute atomic E-state index is 0.0965. The molecule has 0 aliphatic carbocycles. The van der Waals surface area contributed by atoms with E-state index in [0.29, 0.717) is 17.6 Å². The van der Waals surface area contributed by atoms with Crippen LogP contribution in [0.3, 0.4) is 0 Å². The molecule has 0 spiro atoms. The lowest BCUT2D eigenvalue weighted by atomic mass is 9.98. The third-order valence-corrected chi connectivity index (χ3v) is 3.15. The van der Waals surface area contributed by atoms with Crippen LogP contribution in [0.5, 0.6) is 0 Å². The summed E-state index contributed by atoms with van der Waals surface area (Å²) in [6.07, 6.45) is 2.50. The summed E-state index contributed by atoms with van der Waals surface area (Å²) in [6.45, 7) is 5.00. The number of rotatable bonds is 3. The van der Waals surface area contributed by atoms with Crippen molar-refractivity contribution in [1.82, 2.24) is 14.9 Å². The summed E-state index contributed by atoms with van der Waals surface area (Å²) in [7, 11) is 2.15. The number of H-pyrrole nitrogens is 1. The van der Waals surface area contributed by atoms with Gasteiger partial charge in [0.2, 0.25) is 0 Å². The first-order valence-corrected chi connectivity index (χ1v) is 6.14. The highest BCUT2D eigenvalue weighted by Gasteiger charge is 2.16. The van der Waals surface area contributed by atoms with Crippen molar-refractivity contribution in [2.75, 3.05) is 32.0 Å². The van der Waals surface area contributed by atoms with Crippen LogP contribution in [0.1, 0.15) is 18.7 Å². The number of aromatic amines is 1. The Morgan fingerprint density at radius 1 is 1.65 bits per heavy atom. The maximum absolute atomic E-state index is 11.3. The van der Waals surface area contributed by atoms with Crippen molar-refractivity contribution in [1.29, 1.82) is 0 Å². The Labute approximate surface area is 101 Å². The van der Waals surface area contributed by atoms with E-state index in [1.54, 1.807) is 6.92 Å². The molecule has 1 fully saturated rings. The van der Waals surface area contributed by atoms with E-state index in [0.717, 1.165) is 13.1 Å². The number of hydrogen-bond acceptors (Lipinski definition) is 4. The van der Waals surface area contributed by atoms with E-state index in [9.17, 15) is 4.79 Å². The summed E-state index contributed by atoms with van der Waals surface area (Å²) in [5, 5.41) is 3.26. The minimum atomic E-state index is -0.0965. The third-order valence-electron chi connectivity index (χ3n) is 3.15. The predicted octanol–water partition coefficient (Wildman–Crippen LogP) is 0.832. The Hall–Kier alpha value is -1.36. The fourth-order valence-electron chi connectivity index (χ4n) is 2.36. The largest absolute Gasteiger partial charge is 0.370 e. The molecular weight excluding hydrogens is 216 g/mol. The van der Waals surface area contributed by atoms with Gasteiger partial charge in [-0.3, -0.25) is 4.79 Å². The van der Waals surface area contributed by atoms with E-state index in [1.807, 2.05) is 0 Å². The normalized spacial score (nSPS) is 21.4. The second-order valence-electron chi connectivity index (χ2n) is 4.87. The lowest BCUT2D eigenvalue weighted by Crippen LogP contribution is -2.35. The van der Waals surface area contributed by atoms with Gasteiger partial charge in [-0.15, -0.1) is 0 Å². The molecule has 2 rings (SSSR count). The molecule has 5 heteroatoms. The second-order valence-corrected chi connectivity index (χ2v) is 4.87. The lowest BCUT2D eigenvalue weighted by molar-refractivity contribution is 0.217. The van der Waals surface area contributed by atoms with Crippen molar-refractivity contribution in [2.45, 2.75) is 19.8 Å². The molecule has 94 valence electrons. The molecular formula is C12H20N4O. The molecule has 1 aromatic rings. The third kappa shape index (κ3) is 3.56. The number of piperidine rings is 1. The quantitative estimate of drug-likeness (QED) is 0.816. The number of aryl methyl sites for hydroxylation is 1. The van der Waals surface area contributed by atoms with Crippen LogP contribution in [0.4, 0.5) is 5.82 Å². The zero-order chi connectivity index (χ0) is 12.3. The van der Waals surface area contributed by atoms with Crippen molar-refractivity contribution in [2.24, 2.45) is 5.92 Å². The highest BCUT2D eigenvalue weighted by atomic mass is 16.1. The average molecular weight is 236 g/mol. The standard InChI is InChI=1S/C12H20N4O/c1-9-14-11(6-12(17)15-9)13-7-10-4-3-5-16(2)8-10/h6,10H,3-5,7-8H2,1-2H3,(H2,13,14,15,17). The zero-order valence-electron chi connectivity index (χ0n) is 10.5. The van der Waals surface area contributed by atoms with Gasteiger partial charge in [-0.2, -0.15) is 0 Å². The number of hydrogen-bond donors (Lipinski definition) is 2. The molecule has 1 aliphatic heterocycles. The monoisotopic (exact) mass is 236 g/mol. The summed E-state index contributed by atoms with van der Waals surface area (Å²) < 4.78 is 0. The molecule has 17 heavy (non-hydrogen) atoms. The maximum atomic E-state index is 11.3. The molecule has 0 saturated carbocycles. The molecule has 2 N–H and O–H groups in total. The van der Waals surface area contributed by atoms with Gasteiger partial charge in [-0.05, 0) is 39.3 Å². The van der Waals surface area contributed by atoms with Gasteiger partial charge in [0.25, 0.3) is 5.56 Å². The van der Waals surface area contributed by atoms with Gasteiger partial charge in [0.05, 0.1) is 0 Å². The van der Waals surface area contributed by atoms with E-state index >= 15 is 0 Å². The number of nitrogens with zero attached hydrogens (tertiary/aromatic N) is 2. The van der Waals surface area contributed by atoms with Crippen LogP contribution in [-0.4, -0.2) is 41.5 Å². The lowest BCUT2D eigenvalue weighted by Gasteiger charge is -2.29. The number of nitrogens with one attached hydrogen (secondary N) is 2. The van der Waals surface area contributed by atoms with Gasteiger partial charge in [0.1, 0.15) is 11.6 Å². The number of aromatic nitrogens is 2. The van der Waals surface area contributed by atoms with Crippen molar-refractivity contribution < 1.29 is 0 Å². The Morgan fingerprint density at radius 2 is 2.47 bits per heavy atom. The molecule has 2 heterocycles. The molecule has 0 bridgehead atoms. The second kappa shape index (κ2) is 5.31. The summed E-state index contributed by atoms with van der Waals surface area (Å²) in [5.41, 5.74) is -0.0965. The average Bonchev–Trinajstić information content (AvgIpc) is 2.25. The first-order chi connectivity index (χ1) is 8.13. The number of anilines is 1. The molecule has 5 nitrogen and oxygen atoms in total. The van der Waals surface area contributed by atoms with Crippen LogP contribution in [0.2, 0.25) is 0 Å². The SMILES string of the molecule is Cc1nc(NCC2CCCN(C)C2)cc(=O)[nH]1. The van der Waals surface area contributed by atoms with Crippen LogP contribution >= 0.6 is 0 Å². The first-order valence-electron chi connectivity index (χ1n) is 6.14. The van der Waals surface area contributed by atoms with E-state index in [1.165, 1.54) is 25.5 Å². The van der Waals surface area contributed by atoms with Crippen molar-refractivity contribution in [3.05, 3.63) is 22.2 Å². The summed E-state index contributed by atoms with van der Waals surface area (Å²) >= 11 is 0. The summed E-state index contributed by atoms with van der Waals surface area (Å²) in [4.78, 5) is 20.5. The molecule has 1 aromatic heterocycles. The fourth-order valence-corrected chi connectivity index (χ4v) is 2.36. The van der Waals surface area contributed by atoms with Gasteiger partial charge < -0.3 is 15.2 Å². The van der Waals surface area contributed by atoms with Gasteiger partial charge >= 0.3 is 0 Å². The molecule has 0 aromatic carbocycles. The van der Waals surface area contributed by atoms with E-state index in [4.69, 9.17) is 0 Å². The van der Waals surface area contributed by atoms with Crippen LogP contribution in [-0.2, 0) is 0 Å². The van der Waals surface area contributed by atoms with Gasteiger partial charge in [0.15, 0.2) is 0 Å². The van der Waals surface area contributed by atoms with E-state index in [-0.39, 0.29) is 5.56 Å². The van der Waals surface area contributed by atoms with Crippen molar-refractivity contribution in [3.63, 3.8) is 0 Å². The fraction of sp³-hybridized carbons (Fsp3) is 0.667. The highest BCUT2D eigenvalue weighted by Crippen LogP contribution is 2.15.